The number of phenols is 1. The second-order valence-electron chi connectivity index (χ2n) is 4.10. The van der Waals surface area contributed by atoms with E-state index in [2.05, 4.69) is 10.5 Å². The predicted molar refractivity (Wildman–Crippen MR) is 79.2 cm³/mol. The summed E-state index contributed by atoms with van der Waals surface area (Å²) in [6.07, 6.45) is 2.21. The Balaban J connectivity index is 1.93. The first kappa shape index (κ1) is 14.1. The minimum atomic E-state index is -0.505. The fourth-order valence-electron chi connectivity index (χ4n) is 1.62. The molecule has 0 heterocycles. The van der Waals surface area contributed by atoms with Crippen molar-refractivity contribution in [2.75, 3.05) is 0 Å². The van der Waals surface area contributed by atoms with Gasteiger partial charge in [0.15, 0.2) is 0 Å². The Hall–Kier alpha value is -2.33. The van der Waals surface area contributed by atoms with Crippen LogP contribution in [0.4, 0.5) is 0 Å². The van der Waals surface area contributed by atoms with E-state index >= 15 is 0 Å². The summed E-state index contributed by atoms with van der Waals surface area (Å²) in [5.41, 5.74) is 3.53. The number of hydrogen-bond donors (Lipinski definition) is 2. The van der Waals surface area contributed by atoms with Gasteiger partial charge in [0.2, 0.25) is 0 Å². The number of nitrogens with zero attached hydrogens (tertiary/aromatic N) is 1. The third kappa shape index (κ3) is 3.83. The van der Waals surface area contributed by atoms with Crippen LogP contribution in [0.1, 0.15) is 15.9 Å². The van der Waals surface area contributed by atoms with Crippen LogP contribution in [0, 0.1) is 0 Å². The minimum Gasteiger partial charge on any atom is -0.507 e. The van der Waals surface area contributed by atoms with Crippen LogP contribution in [-0.2, 0) is 6.42 Å². The molecule has 0 atom stereocenters. The third-order valence-electron chi connectivity index (χ3n) is 2.63. The van der Waals surface area contributed by atoms with Gasteiger partial charge in [-0.05, 0) is 23.8 Å². The molecule has 0 saturated carbocycles. The average Bonchev–Trinajstić information content (AvgIpc) is 2.47. The van der Waals surface area contributed by atoms with Crippen LogP contribution < -0.4 is 5.43 Å². The van der Waals surface area contributed by atoms with E-state index in [4.69, 9.17) is 11.6 Å². The first-order valence-electron chi connectivity index (χ1n) is 6.01. The van der Waals surface area contributed by atoms with Crippen molar-refractivity contribution in [1.29, 1.82) is 0 Å². The highest BCUT2D eigenvalue weighted by Crippen LogP contribution is 2.21. The summed E-state index contributed by atoms with van der Waals surface area (Å²) < 4.78 is 0. The summed E-state index contributed by atoms with van der Waals surface area (Å²) in [6.45, 7) is 0. The lowest BCUT2D eigenvalue weighted by Crippen LogP contribution is -2.17. The van der Waals surface area contributed by atoms with Gasteiger partial charge in [-0.2, -0.15) is 5.10 Å². The molecule has 0 aliphatic rings. The molecular weight excluding hydrogens is 276 g/mol. The first-order chi connectivity index (χ1) is 9.66. The highest BCUT2D eigenvalue weighted by molar-refractivity contribution is 6.31. The second kappa shape index (κ2) is 6.73. The van der Waals surface area contributed by atoms with Crippen LogP contribution >= 0.6 is 11.6 Å². The highest BCUT2D eigenvalue weighted by Gasteiger charge is 2.10. The Labute approximate surface area is 121 Å². The van der Waals surface area contributed by atoms with Gasteiger partial charge in [-0.25, -0.2) is 5.43 Å². The number of halogens is 1. The standard InChI is InChI=1S/C15H13ClN2O2/c16-12-6-7-14(19)13(10-12)15(20)18-17-9-8-11-4-2-1-3-5-11/h1-7,9-10,19H,8H2,(H,18,20). The lowest BCUT2D eigenvalue weighted by atomic mass is 10.2. The average molecular weight is 289 g/mol. The third-order valence-corrected chi connectivity index (χ3v) is 2.87. The van der Waals surface area contributed by atoms with Crippen molar-refractivity contribution in [1.82, 2.24) is 5.43 Å². The number of aromatic hydroxyl groups is 1. The monoisotopic (exact) mass is 288 g/mol. The van der Waals surface area contributed by atoms with E-state index < -0.39 is 5.91 Å². The number of nitrogens with one attached hydrogen (secondary N) is 1. The molecule has 0 spiro atoms. The van der Waals surface area contributed by atoms with E-state index in [1.165, 1.54) is 18.2 Å². The molecule has 2 rings (SSSR count). The zero-order valence-corrected chi connectivity index (χ0v) is 11.3. The van der Waals surface area contributed by atoms with Crippen LogP contribution in [0.2, 0.25) is 5.02 Å². The number of carbonyl (C=O) groups excluding carboxylic acids is 1. The minimum absolute atomic E-state index is 0.0920. The zero-order chi connectivity index (χ0) is 14.4. The molecule has 2 aromatic carbocycles. The summed E-state index contributed by atoms with van der Waals surface area (Å²) in [5, 5.41) is 13.8. The molecule has 0 aliphatic carbocycles. The van der Waals surface area contributed by atoms with Crippen LogP contribution in [0.5, 0.6) is 5.75 Å². The van der Waals surface area contributed by atoms with E-state index in [9.17, 15) is 9.90 Å². The number of hydrogen-bond acceptors (Lipinski definition) is 3. The van der Waals surface area contributed by atoms with Crippen LogP contribution in [0.15, 0.2) is 53.6 Å². The molecular formula is C15H13ClN2O2. The Morgan fingerprint density at radius 3 is 2.75 bits per heavy atom. The molecule has 0 aliphatic heterocycles. The Morgan fingerprint density at radius 1 is 1.25 bits per heavy atom. The molecule has 1 amide bonds. The van der Waals surface area contributed by atoms with Gasteiger partial charge in [-0.15, -0.1) is 0 Å². The molecule has 0 fully saturated rings. The number of phenolic OH excluding ortho intramolecular Hbond substituents is 1. The number of amides is 1. The molecule has 0 aromatic heterocycles. The van der Waals surface area contributed by atoms with Crippen molar-refractivity contribution >= 4 is 23.7 Å². The Kier molecular flexibility index (Phi) is 4.74. The maximum atomic E-state index is 11.8. The van der Waals surface area contributed by atoms with Crippen molar-refractivity contribution < 1.29 is 9.90 Å². The molecule has 5 heteroatoms. The van der Waals surface area contributed by atoms with Gasteiger partial charge in [0.25, 0.3) is 5.91 Å². The molecule has 2 N–H and O–H groups in total. The molecule has 0 unspecified atom stereocenters. The number of rotatable bonds is 4. The molecule has 102 valence electrons. The summed E-state index contributed by atoms with van der Waals surface area (Å²) >= 11 is 5.77. The molecule has 2 aromatic rings. The predicted octanol–water partition coefficient (Wildman–Crippen LogP) is 3.00. The molecule has 20 heavy (non-hydrogen) atoms. The van der Waals surface area contributed by atoms with Crippen molar-refractivity contribution in [2.45, 2.75) is 6.42 Å². The van der Waals surface area contributed by atoms with Gasteiger partial charge >= 0.3 is 0 Å². The van der Waals surface area contributed by atoms with Gasteiger partial charge in [0.1, 0.15) is 5.75 Å². The lowest BCUT2D eigenvalue weighted by molar-refractivity contribution is 0.0952. The topological polar surface area (TPSA) is 61.7 Å². The molecule has 4 nitrogen and oxygen atoms in total. The summed E-state index contributed by atoms with van der Waals surface area (Å²) in [7, 11) is 0. The van der Waals surface area contributed by atoms with Gasteiger partial charge in [-0.3, -0.25) is 4.79 Å². The van der Waals surface area contributed by atoms with E-state index in [1.807, 2.05) is 30.3 Å². The highest BCUT2D eigenvalue weighted by atomic mass is 35.5. The van der Waals surface area contributed by atoms with Crippen molar-refractivity contribution in [3.63, 3.8) is 0 Å². The fraction of sp³-hybridized carbons (Fsp3) is 0.0667. The normalized spacial score (nSPS) is 10.7. The molecule has 0 saturated heterocycles. The summed E-state index contributed by atoms with van der Waals surface area (Å²) in [6, 6.07) is 14.0. The maximum Gasteiger partial charge on any atom is 0.275 e. The van der Waals surface area contributed by atoms with E-state index in [-0.39, 0.29) is 11.3 Å². The van der Waals surface area contributed by atoms with E-state index in [0.29, 0.717) is 11.4 Å². The van der Waals surface area contributed by atoms with Gasteiger partial charge in [0.05, 0.1) is 5.56 Å². The van der Waals surface area contributed by atoms with E-state index in [0.717, 1.165) is 5.56 Å². The maximum absolute atomic E-state index is 11.8. The van der Waals surface area contributed by atoms with Gasteiger partial charge < -0.3 is 5.11 Å². The van der Waals surface area contributed by atoms with Crippen LogP contribution in [0.25, 0.3) is 0 Å². The molecule has 0 bridgehead atoms. The smallest absolute Gasteiger partial charge is 0.275 e. The Morgan fingerprint density at radius 2 is 2.00 bits per heavy atom. The summed E-state index contributed by atoms with van der Waals surface area (Å²) in [5.74, 6) is -0.639. The second-order valence-corrected chi connectivity index (χ2v) is 4.54. The Bertz CT molecular complexity index is 627. The SMILES string of the molecule is O=C(NN=CCc1ccccc1)c1cc(Cl)ccc1O. The van der Waals surface area contributed by atoms with Gasteiger partial charge in [-0.1, -0.05) is 41.9 Å². The quantitative estimate of drug-likeness (QED) is 0.671. The lowest BCUT2D eigenvalue weighted by Gasteiger charge is -2.03. The number of benzene rings is 2. The van der Waals surface area contributed by atoms with E-state index in [1.54, 1.807) is 6.21 Å². The molecule has 0 radical (unpaired) electrons. The van der Waals surface area contributed by atoms with Crippen LogP contribution in [-0.4, -0.2) is 17.2 Å². The zero-order valence-electron chi connectivity index (χ0n) is 10.6. The van der Waals surface area contributed by atoms with Crippen molar-refractivity contribution in [2.24, 2.45) is 5.10 Å². The fourth-order valence-corrected chi connectivity index (χ4v) is 1.79. The number of carbonyl (C=O) groups is 1. The first-order valence-corrected chi connectivity index (χ1v) is 6.39. The largest absolute Gasteiger partial charge is 0.507 e. The van der Waals surface area contributed by atoms with Crippen LogP contribution in [0.3, 0.4) is 0 Å². The summed E-state index contributed by atoms with van der Waals surface area (Å²) in [4.78, 5) is 11.8. The van der Waals surface area contributed by atoms with Crippen molar-refractivity contribution in [3.8, 4) is 5.75 Å². The van der Waals surface area contributed by atoms with Crippen molar-refractivity contribution in [3.05, 3.63) is 64.7 Å². The van der Waals surface area contributed by atoms with Gasteiger partial charge in [0, 0.05) is 17.7 Å². The number of hydrazone groups is 1.